The van der Waals surface area contributed by atoms with Crippen LogP contribution in [0.2, 0.25) is 0 Å². The van der Waals surface area contributed by atoms with Gasteiger partial charge in [-0.1, -0.05) is 0 Å². The number of piperazine rings is 1. The monoisotopic (exact) mass is 298 g/mol. The van der Waals surface area contributed by atoms with E-state index in [1.165, 1.54) is 0 Å². The van der Waals surface area contributed by atoms with Crippen LogP contribution in [0.15, 0.2) is 0 Å². The fourth-order valence-corrected chi connectivity index (χ4v) is 2.72. The number of nitrogens with one attached hydrogen (secondary N) is 1. The molecular weight excluding hydrogens is 272 g/mol. The van der Waals surface area contributed by atoms with Gasteiger partial charge in [0, 0.05) is 39.3 Å². The lowest BCUT2D eigenvalue weighted by atomic mass is 9.77. The zero-order chi connectivity index (χ0) is 15.5. The molecule has 2 N–H and O–H groups in total. The lowest BCUT2D eigenvalue weighted by Crippen LogP contribution is -2.63. The van der Waals surface area contributed by atoms with E-state index in [4.69, 9.17) is 0 Å². The number of carboxylic acids is 1. The number of carboxylic acid groups (broad SMARTS) is 1. The van der Waals surface area contributed by atoms with Crippen LogP contribution in [0.5, 0.6) is 0 Å². The van der Waals surface area contributed by atoms with Gasteiger partial charge >= 0.3 is 12.0 Å². The highest BCUT2D eigenvalue weighted by atomic mass is 16.4. The lowest BCUT2D eigenvalue weighted by molar-refractivity contribution is -0.148. The van der Waals surface area contributed by atoms with Crippen molar-refractivity contribution in [2.24, 2.45) is 0 Å². The summed E-state index contributed by atoms with van der Waals surface area (Å²) in [5.41, 5.74) is -1.01. The summed E-state index contributed by atoms with van der Waals surface area (Å²) in [6.45, 7) is 5.03. The van der Waals surface area contributed by atoms with Gasteiger partial charge in [-0.2, -0.15) is 0 Å². The van der Waals surface area contributed by atoms with Crippen molar-refractivity contribution in [3.63, 3.8) is 0 Å². The van der Waals surface area contributed by atoms with Crippen molar-refractivity contribution in [2.75, 3.05) is 53.4 Å². The van der Waals surface area contributed by atoms with Crippen LogP contribution in [0.1, 0.15) is 19.3 Å². The molecule has 0 unspecified atom stereocenters. The van der Waals surface area contributed by atoms with Gasteiger partial charge in [-0.3, -0.25) is 4.90 Å². The van der Waals surface area contributed by atoms with Crippen LogP contribution in [0, 0.1) is 0 Å². The number of carbonyl (C=O) groups is 2. The third kappa shape index (κ3) is 3.85. The summed E-state index contributed by atoms with van der Waals surface area (Å²) >= 11 is 0. The Kier molecular flexibility index (Phi) is 5.05. The molecule has 0 radical (unpaired) electrons. The molecule has 1 heterocycles. The van der Waals surface area contributed by atoms with Gasteiger partial charge in [-0.05, 0) is 33.4 Å². The molecule has 2 aliphatic rings. The van der Waals surface area contributed by atoms with Crippen molar-refractivity contribution in [2.45, 2.75) is 24.8 Å². The van der Waals surface area contributed by atoms with Crippen molar-refractivity contribution < 1.29 is 14.7 Å². The van der Waals surface area contributed by atoms with Crippen LogP contribution in [0.25, 0.3) is 0 Å². The second-order valence-corrected chi connectivity index (χ2v) is 6.30. The van der Waals surface area contributed by atoms with Gasteiger partial charge < -0.3 is 20.2 Å². The summed E-state index contributed by atoms with van der Waals surface area (Å²) in [6.07, 6.45) is 1.94. The van der Waals surface area contributed by atoms with Gasteiger partial charge in [0.1, 0.15) is 5.54 Å². The quantitative estimate of drug-likeness (QED) is 0.740. The van der Waals surface area contributed by atoms with Crippen LogP contribution in [0.4, 0.5) is 4.79 Å². The first-order valence-corrected chi connectivity index (χ1v) is 7.60. The molecule has 7 heteroatoms. The predicted octanol–water partition coefficient (Wildman–Crippen LogP) is -0.117. The van der Waals surface area contributed by atoms with E-state index in [2.05, 4.69) is 15.1 Å². The summed E-state index contributed by atoms with van der Waals surface area (Å²) < 4.78 is 0. The number of urea groups is 1. The van der Waals surface area contributed by atoms with Gasteiger partial charge in [0.15, 0.2) is 0 Å². The highest BCUT2D eigenvalue weighted by Gasteiger charge is 2.46. The van der Waals surface area contributed by atoms with E-state index in [-0.39, 0.29) is 6.03 Å². The highest BCUT2D eigenvalue weighted by Crippen LogP contribution is 2.32. The fraction of sp³-hybridized carbons (Fsp3) is 0.857. The van der Waals surface area contributed by atoms with Crippen molar-refractivity contribution in [1.29, 1.82) is 0 Å². The van der Waals surface area contributed by atoms with Crippen LogP contribution < -0.4 is 5.32 Å². The molecule has 2 fully saturated rings. The molecule has 2 rings (SSSR count). The van der Waals surface area contributed by atoms with E-state index in [0.29, 0.717) is 25.9 Å². The molecule has 0 aromatic heterocycles. The van der Waals surface area contributed by atoms with Crippen molar-refractivity contribution in [3.8, 4) is 0 Å². The molecule has 1 aliphatic heterocycles. The van der Waals surface area contributed by atoms with Crippen LogP contribution in [-0.2, 0) is 4.79 Å². The SMILES string of the molecule is CN(C)CCN1CCN(C(=O)NC2(C(=O)O)CCC2)CC1. The van der Waals surface area contributed by atoms with Gasteiger partial charge in [-0.25, -0.2) is 9.59 Å². The predicted molar refractivity (Wildman–Crippen MR) is 79.3 cm³/mol. The second-order valence-electron chi connectivity index (χ2n) is 6.30. The summed E-state index contributed by atoms with van der Waals surface area (Å²) in [4.78, 5) is 29.7. The Balaban J connectivity index is 1.77. The Bertz CT molecular complexity index is 388. The van der Waals surface area contributed by atoms with Gasteiger partial charge in [0.25, 0.3) is 0 Å². The Morgan fingerprint density at radius 3 is 2.24 bits per heavy atom. The van der Waals surface area contributed by atoms with E-state index in [1.807, 2.05) is 14.1 Å². The maximum absolute atomic E-state index is 12.2. The lowest BCUT2D eigenvalue weighted by Gasteiger charge is -2.41. The molecule has 1 aliphatic carbocycles. The summed E-state index contributed by atoms with van der Waals surface area (Å²) in [5, 5.41) is 12.0. The number of rotatable bonds is 5. The normalized spacial score (nSPS) is 22.0. The molecule has 0 spiro atoms. The number of amides is 2. The number of likely N-dealkylation sites (N-methyl/N-ethyl adjacent to an activating group) is 1. The molecule has 0 bridgehead atoms. The number of nitrogens with zero attached hydrogens (tertiary/aromatic N) is 3. The first-order chi connectivity index (χ1) is 9.93. The minimum absolute atomic E-state index is 0.232. The largest absolute Gasteiger partial charge is 0.480 e. The molecule has 0 aromatic rings. The summed E-state index contributed by atoms with van der Waals surface area (Å²) in [7, 11) is 4.10. The third-order valence-corrected chi connectivity index (χ3v) is 4.49. The van der Waals surface area contributed by atoms with Crippen molar-refractivity contribution >= 4 is 12.0 Å². The van der Waals surface area contributed by atoms with E-state index in [9.17, 15) is 14.7 Å². The average Bonchev–Trinajstić information content (AvgIpc) is 2.40. The summed E-state index contributed by atoms with van der Waals surface area (Å²) in [6, 6.07) is -0.232. The van der Waals surface area contributed by atoms with Gasteiger partial charge in [0.2, 0.25) is 0 Å². The van der Waals surface area contributed by atoms with E-state index in [0.717, 1.165) is 32.6 Å². The highest BCUT2D eigenvalue weighted by molar-refractivity contribution is 5.87. The van der Waals surface area contributed by atoms with E-state index < -0.39 is 11.5 Å². The van der Waals surface area contributed by atoms with Crippen LogP contribution >= 0.6 is 0 Å². The Morgan fingerprint density at radius 2 is 1.81 bits per heavy atom. The number of hydrogen-bond donors (Lipinski definition) is 2. The average molecular weight is 298 g/mol. The van der Waals surface area contributed by atoms with Crippen LogP contribution in [-0.4, -0.2) is 90.7 Å². The zero-order valence-electron chi connectivity index (χ0n) is 13.0. The molecule has 1 saturated heterocycles. The Morgan fingerprint density at radius 1 is 1.19 bits per heavy atom. The minimum Gasteiger partial charge on any atom is -0.480 e. The summed E-state index contributed by atoms with van der Waals surface area (Å²) in [5.74, 6) is -0.910. The fourth-order valence-electron chi connectivity index (χ4n) is 2.72. The number of hydrogen-bond acceptors (Lipinski definition) is 4. The number of carbonyl (C=O) groups excluding carboxylic acids is 1. The van der Waals surface area contributed by atoms with E-state index in [1.54, 1.807) is 4.90 Å². The molecule has 0 atom stereocenters. The molecule has 0 aromatic carbocycles. The smallest absolute Gasteiger partial charge is 0.329 e. The third-order valence-electron chi connectivity index (χ3n) is 4.49. The molecule has 21 heavy (non-hydrogen) atoms. The molecular formula is C14H26N4O3. The van der Waals surface area contributed by atoms with Crippen molar-refractivity contribution in [1.82, 2.24) is 20.0 Å². The van der Waals surface area contributed by atoms with Crippen LogP contribution in [0.3, 0.4) is 0 Å². The Hall–Kier alpha value is -1.34. The molecule has 7 nitrogen and oxygen atoms in total. The second kappa shape index (κ2) is 6.62. The van der Waals surface area contributed by atoms with Crippen molar-refractivity contribution in [3.05, 3.63) is 0 Å². The van der Waals surface area contributed by atoms with Gasteiger partial charge in [0.05, 0.1) is 0 Å². The van der Waals surface area contributed by atoms with E-state index >= 15 is 0 Å². The maximum Gasteiger partial charge on any atom is 0.329 e. The standard InChI is InChI=1S/C14H26N4O3/c1-16(2)6-7-17-8-10-18(11-9-17)13(21)15-14(12(19)20)4-3-5-14/h3-11H2,1-2H3,(H,15,21)(H,19,20). The number of aliphatic carboxylic acids is 1. The Labute approximate surface area is 125 Å². The topological polar surface area (TPSA) is 76.1 Å². The molecule has 120 valence electrons. The molecule has 2 amide bonds. The maximum atomic E-state index is 12.2. The molecule has 1 saturated carbocycles. The zero-order valence-corrected chi connectivity index (χ0v) is 13.0. The van der Waals surface area contributed by atoms with Gasteiger partial charge in [-0.15, -0.1) is 0 Å². The first kappa shape index (κ1) is 16.0. The first-order valence-electron chi connectivity index (χ1n) is 7.60. The minimum atomic E-state index is -1.01.